The van der Waals surface area contributed by atoms with Crippen LogP contribution in [-0.2, 0) is 16.7 Å². The highest BCUT2D eigenvalue weighted by Crippen LogP contribution is 2.27. The van der Waals surface area contributed by atoms with E-state index in [0.717, 1.165) is 23.4 Å². The molecular formula is C21H34N4O2. The van der Waals surface area contributed by atoms with Gasteiger partial charge in [0.15, 0.2) is 0 Å². The maximum atomic E-state index is 11.2. The SMILES string of the molecule is CCn1c(C(C)(C)C)nc2cc(NC(=O)OC)ccc21.CN1CCCCC1. The second-order valence-corrected chi connectivity index (χ2v) is 8.11. The Bertz CT molecular complexity index is 755. The lowest BCUT2D eigenvalue weighted by Crippen LogP contribution is -2.24. The third kappa shape index (κ3) is 5.70. The number of carbonyl (C=O) groups excluding carboxylic acids is 1. The van der Waals surface area contributed by atoms with Gasteiger partial charge in [0.05, 0.1) is 18.1 Å². The second kappa shape index (κ2) is 9.22. The van der Waals surface area contributed by atoms with E-state index in [1.54, 1.807) is 0 Å². The standard InChI is InChI=1S/C15H21N3O2.C6H13N/c1-6-18-12-8-7-10(16-14(19)20-5)9-11(12)17-13(18)15(2,3)4;1-7-5-3-2-4-6-7/h7-9H,6H2,1-5H3,(H,16,19);2-6H2,1H3. The van der Waals surface area contributed by atoms with E-state index in [2.05, 4.69) is 54.3 Å². The number of methoxy groups -OCH3 is 1. The van der Waals surface area contributed by atoms with Crippen molar-refractivity contribution in [2.45, 2.75) is 58.9 Å². The van der Waals surface area contributed by atoms with E-state index in [-0.39, 0.29) is 5.41 Å². The third-order valence-corrected chi connectivity index (χ3v) is 4.75. The predicted octanol–water partition coefficient (Wildman–Crippen LogP) is 4.63. The number of imidazole rings is 1. The lowest BCUT2D eigenvalue weighted by Gasteiger charge is -2.20. The van der Waals surface area contributed by atoms with E-state index in [1.807, 2.05) is 18.2 Å². The van der Waals surface area contributed by atoms with Crippen LogP contribution in [0.3, 0.4) is 0 Å². The molecule has 1 aromatic carbocycles. The zero-order chi connectivity index (χ0) is 20.0. The normalized spacial score (nSPS) is 15.2. The summed E-state index contributed by atoms with van der Waals surface area (Å²) in [4.78, 5) is 18.4. The number of aromatic nitrogens is 2. The molecule has 0 radical (unpaired) electrons. The van der Waals surface area contributed by atoms with Crippen molar-refractivity contribution in [1.29, 1.82) is 0 Å². The second-order valence-electron chi connectivity index (χ2n) is 8.11. The molecule has 150 valence electrons. The lowest BCUT2D eigenvalue weighted by molar-refractivity contribution is 0.187. The summed E-state index contributed by atoms with van der Waals surface area (Å²) in [5.74, 6) is 1.05. The number of ether oxygens (including phenoxy) is 1. The Morgan fingerprint density at radius 3 is 2.37 bits per heavy atom. The van der Waals surface area contributed by atoms with E-state index in [1.165, 1.54) is 39.5 Å². The minimum atomic E-state index is -0.477. The number of amides is 1. The number of benzene rings is 1. The lowest BCUT2D eigenvalue weighted by atomic mass is 9.96. The van der Waals surface area contributed by atoms with Crippen LogP contribution in [0.1, 0.15) is 52.8 Å². The third-order valence-electron chi connectivity index (χ3n) is 4.75. The number of hydrogen-bond donors (Lipinski definition) is 1. The van der Waals surface area contributed by atoms with Crippen LogP contribution in [0.4, 0.5) is 10.5 Å². The molecule has 0 unspecified atom stereocenters. The summed E-state index contributed by atoms with van der Waals surface area (Å²) in [7, 11) is 3.54. The van der Waals surface area contributed by atoms with Crippen molar-refractivity contribution >= 4 is 22.8 Å². The average molecular weight is 375 g/mol. The molecule has 0 atom stereocenters. The van der Waals surface area contributed by atoms with Gasteiger partial charge in [-0.15, -0.1) is 0 Å². The fraction of sp³-hybridized carbons (Fsp3) is 0.619. The molecule has 6 nitrogen and oxygen atoms in total. The molecule has 1 aromatic heterocycles. The molecule has 2 aromatic rings. The Labute approximate surface area is 162 Å². The van der Waals surface area contributed by atoms with Gasteiger partial charge >= 0.3 is 6.09 Å². The molecule has 1 N–H and O–H groups in total. The highest BCUT2D eigenvalue weighted by molar-refractivity contribution is 5.88. The van der Waals surface area contributed by atoms with Crippen LogP contribution in [0.2, 0.25) is 0 Å². The first-order chi connectivity index (χ1) is 12.8. The van der Waals surface area contributed by atoms with Crippen molar-refractivity contribution in [3.63, 3.8) is 0 Å². The molecular weight excluding hydrogens is 340 g/mol. The van der Waals surface area contributed by atoms with Crippen LogP contribution in [0.15, 0.2) is 18.2 Å². The molecule has 0 aliphatic carbocycles. The Hall–Kier alpha value is -2.08. The number of nitrogens with one attached hydrogen (secondary N) is 1. The molecule has 2 heterocycles. The number of fused-ring (bicyclic) bond motifs is 1. The molecule has 1 aliphatic rings. The Balaban J connectivity index is 0.000000313. The number of carbonyl (C=O) groups is 1. The quantitative estimate of drug-likeness (QED) is 0.832. The van der Waals surface area contributed by atoms with E-state index in [9.17, 15) is 4.79 Å². The average Bonchev–Trinajstić information content (AvgIpc) is 3.01. The summed E-state index contributed by atoms with van der Waals surface area (Å²) in [6, 6.07) is 5.71. The number of nitrogens with zero attached hydrogens (tertiary/aromatic N) is 3. The zero-order valence-corrected chi connectivity index (χ0v) is 17.6. The number of hydrogen-bond acceptors (Lipinski definition) is 4. The van der Waals surface area contributed by atoms with Crippen molar-refractivity contribution in [3.05, 3.63) is 24.0 Å². The van der Waals surface area contributed by atoms with Crippen molar-refractivity contribution < 1.29 is 9.53 Å². The number of piperidine rings is 1. The molecule has 0 bridgehead atoms. The monoisotopic (exact) mass is 374 g/mol. The fourth-order valence-electron chi connectivity index (χ4n) is 3.32. The first-order valence-corrected chi connectivity index (χ1v) is 9.80. The summed E-state index contributed by atoms with van der Waals surface area (Å²) in [5, 5.41) is 2.66. The molecule has 1 saturated heterocycles. The van der Waals surface area contributed by atoms with Crippen LogP contribution < -0.4 is 5.32 Å². The molecule has 0 saturated carbocycles. The molecule has 1 fully saturated rings. The Kier molecular flexibility index (Phi) is 7.25. The van der Waals surface area contributed by atoms with E-state index in [0.29, 0.717) is 5.69 Å². The van der Waals surface area contributed by atoms with Gasteiger partial charge in [-0.05, 0) is 58.1 Å². The van der Waals surface area contributed by atoms with Gasteiger partial charge in [0, 0.05) is 17.6 Å². The van der Waals surface area contributed by atoms with E-state index < -0.39 is 6.09 Å². The highest BCUT2D eigenvalue weighted by atomic mass is 16.5. The first-order valence-electron chi connectivity index (χ1n) is 9.80. The molecule has 0 spiro atoms. The summed E-state index contributed by atoms with van der Waals surface area (Å²) in [6.45, 7) is 12.1. The minimum Gasteiger partial charge on any atom is -0.453 e. The predicted molar refractivity (Wildman–Crippen MR) is 111 cm³/mol. The smallest absolute Gasteiger partial charge is 0.411 e. The summed E-state index contributed by atoms with van der Waals surface area (Å²) in [5.41, 5.74) is 2.62. The van der Waals surface area contributed by atoms with Gasteiger partial charge in [-0.1, -0.05) is 27.2 Å². The Morgan fingerprint density at radius 2 is 1.89 bits per heavy atom. The molecule has 1 amide bonds. The maximum absolute atomic E-state index is 11.2. The van der Waals surface area contributed by atoms with Gasteiger partial charge in [-0.2, -0.15) is 0 Å². The van der Waals surface area contributed by atoms with Gasteiger partial charge in [0.25, 0.3) is 0 Å². The van der Waals surface area contributed by atoms with Crippen LogP contribution in [0, 0.1) is 0 Å². The van der Waals surface area contributed by atoms with E-state index in [4.69, 9.17) is 4.98 Å². The molecule has 27 heavy (non-hydrogen) atoms. The van der Waals surface area contributed by atoms with Crippen molar-refractivity contribution in [3.8, 4) is 0 Å². The molecule has 3 rings (SSSR count). The zero-order valence-electron chi connectivity index (χ0n) is 17.6. The van der Waals surface area contributed by atoms with Crippen molar-refractivity contribution in [1.82, 2.24) is 14.5 Å². The van der Waals surface area contributed by atoms with Gasteiger partial charge in [0.1, 0.15) is 5.82 Å². The van der Waals surface area contributed by atoms with Crippen LogP contribution in [0.25, 0.3) is 11.0 Å². The summed E-state index contributed by atoms with van der Waals surface area (Å²) in [6.07, 6.45) is 3.80. The van der Waals surface area contributed by atoms with E-state index >= 15 is 0 Å². The van der Waals surface area contributed by atoms with Crippen LogP contribution >= 0.6 is 0 Å². The van der Waals surface area contributed by atoms with Gasteiger partial charge in [-0.25, -0.2) is 9.78 Å². The molecule has 1 aliphatic heterocycles. The fourth-order valence-corrected chi connectivity index (χ4v) is 3.32. The number of aryl methyl sites for hydroxylation is 1. The van der Waals surface area contributed by atoms with Gasteiger partial charge in [-0.3, -0.25) is 5.32 Å². The highest BCUT2D eigenvalue weighted by Gasteiger charge is 2.22. The minimum absolute atomic E-state index is 0.0228. The number of likely N-dealkylation sites (tertiary alicyclic amines) is 1. The summed E-state index contributed by atoms with van der Waals surface area (Å²) < 4.78 is 6.80. The van der Waals surface area contributed by atoms with Gasteiger partial charge < -0.3 is 14.2 Å². The summed E-state index contributed by atoms with van der Waals surface area (Å²) >= 11 is 0. The molecule has 6 heteroatoms. The van der Waals surface area contributed by atoms with Crippen LogP contribution in [-0.4, -0.2) is 47.8 Å². The number of anilines is 1. The first kappa shape index (κ1) is 21.2. The largest absolute Gasteiger partial charge is 0.453 e. The topological polar surface area (TPSA) is 59.4 Å². The van der Waals surface area contributed by atoms with Crippen LogP contribution in [0.5, 0.6) is 0 Å². The van der Waals surface area contributed by atoms with Gasteiger partial charge in [0.2, 0.25) is 0 Å². The Morgan fingerprint density at radius 1 is 1.22 bits per heavy atom. The van der Waals surface area contributed by atoms with Crippen molar-refractivity contribution in [2.24, 2.45) is 0 Å². The number of rotatable bonds is 2. The van der Waals surface area contributed by atoms with Crippen molar-refractivity contribution in [2.75, 3.05) is 32.6 Å². The maximum Gasteiger partial charge on any atom is 0.411 e.